The summed E-state index contributed by atoms with van der Waals surface area (Å²) in [5.41, 5.74) is 1.86. The number of aliphatic hydroxyl groups is 1. The van der Waals surface area contributed by atoms with Gasteiger partial charge in [0.25, 0.3) is 0 Å². The van der Waals surface area contributed by atoms with Gasteiger partial charge in [0.2, 0.25) is 0 Å². The summed E-state index contributed by atoms with van der Waals surface area (Å²) in [6.45, 7) is 9.55. The highest BCUT2D eigenvalue weighted by Gasteiger charge is 2.58. The molecule has 0 amide bonds. The lowest BCUT2D eigenvalue weighted by Gasteiger charge is -2.57. The van der Waals surface area contributed by atoms with Gasteiger partial charge in [0.05, 0.1) is 72.2 Å². The van der Waals surface area contributed by atoms with Crippen LogP contribution >= 0.6 is 0 Å². The van der Waals surface area contributed by atoms with E-state index in [0.717, 1.165) is 44.4 Å². The molecule has 0 spiro atoms. The summed E-state index contributed by atoms with van der Waals surface area (Å²) in [7, 11) is 0. The lowest BCUT2D eigenvalue weighted by atomic mass is 9.48. The van der Waals surface area contributed by atoms with Gasteiger partial charge in [-0.2, -0.15) is 0 Å². The van der Waals surface area contributed by atoms with Crippen molar-refractivity contribution in [3.8, 4) is 0 Å². The van der Waals surface area contributed by atoms with E-state index in [1.54, 1.807) is 5.57 Å². The van der Waals surface area contributed by atoms with Crippen molar-refractivity contribution in [2.75, 3.05) is 66.1 Å². The third kappa shape index (κ3) is 6.41. The molecule has 3 fully saturated rings. The zero-order chi connectivity index (χ0) is 25.4. The molecule has 0 heterocycles. The van der Waals surface area contributed by atoms with Crippen molar-refractivity contribution < 1.29 is 33.6 Å². The van der Waals surface area contributed by atoms with Gasteiger partial charge in [-0.15, -0.1) is 0 Å². The second-order valence-corrected chi connectivity index (χ2v) is 11.6. The monoisotopic (exact) mass is 508 g/mol. The number of rotatable bonds is 15. The van der Waals surface area contributed by atoms with Crippen LogP contribution in [0.5, 0.6) is 0 Å². The van der Waals surface area contributed by atoms with Crippen molar-refractivity contribution in [3.63, 3.8) is 0 Å². The van der Waals surface area contributed by atoms with Gasteiger partial charge in [-0.05, 0) is 68.1 Å². The fourth-order valence-electron chi connectivity index (χ4n) is 7.64. The summed E-state index contributed by atoms with van der Waals surface area (Å²) in [5, 5.41) is 8.62. The summed E-state index contributed by atoms with van der Waals surface area (Å²) in [5.74, 6) is 2.55. The molecule has 36 heavy (non-hydrogen) atoms. The van der Waals surface area contributed by atoms with E-state index in [-0.39, 0.29) is 12.0 Å². The van der Waals surface area contributed by atoms with Crippen LogP contribution in [0.4, 0.5) is 0 Å². The molecule has 0 radical (unpaired) electrons. The summed E-state index contributed by atoms with van der Waals surface area (Å²) in [6.07, 6.45) is 11.6. The van der Waals surface area contributed by atoms with Gasteiger partial charge in [-0.3, -0.25) is 4.79 Å². The molecule has 4 aliphatic carbocycles. The lowest BCUT2D eigenvalue weighted by molar-refractivity contribution is -0.132. The van der Waals surface area contributed by atoms with Crippen LogP contribution in [-0.2, 0) is 28.5 Å². The Morgan fingerprint density at radius 1 is 0.806 bits per heavy atom. The van der Waals surface area contributed by atoms with E-state index in [0.29, 0.717) is 88.6 Å². The Morgan fingerprint density at radius 2 is 1.39 bits per heavy atom. The molecular weight excluding hydrogens is 460 g/mol. The number of ketones is 1. The molecular formula is C29H48O7. The van der Waals surface area contributed by atoms with Crippen LogP contribution in [0.25, 0.3) is 0 Å². The minimum atomic E-state index is -0.0433. The van der Waals surface area contributed by atoms with Gasteiger partial charge in [0.15, 0.2) is 0 Å². The summed E-state index contributed by atoms with van der Waals surface area (Å²) in [6, 6.07) is 0. The van der Waals surface area contributed by atoms with Crippen molar-refractivity contribution in [3.05, 3.63) is 11.6 Å². The molecule has 4 aliphatic rings. The maximum atomic E-state index is 12.6. The highest BCUT2D eigenvalue weighted by molar-refractivity contribution is 5.87. The fraction of sp³-hybridized carbons (Fsp3) is 0.897. The first-order valence-electron chi connectivity index (χ1n) is 14.3. The smallest absolute Gasteiger partial charge is 0.139 e. The number of ether oxygens (including phenoxy) is 5. The number of Topliss-reactive ketones (excluding diaryl/α,β-unsaturated/α-hetero) is 1. The first kappa shape index (κ1) is 28.2. The maximum Gasteiger partial charge on any atom is 0.139 e. The third-order valence-electron chi connectivity index (χ3n) is 9.70. The van der Waals surface area contributed by atoms with Crippen LogP contribution in [0.2, 0.25) is 0 Å². The molecule has 206 valence electrons. The van der Waals surface area contributed by atoms with Crippen molar-refractivity contribution in [1.82, 2.24) is 0 Å². The molecule has 0 unspecified atom stereocenters. The fourth-order valence-corrected chi connectivity index (χ4v) is 7.64. The number of hydrogen-bond acceptors (Lipinski definition) is 7. The Morgan fingerprint density at radius 3 is 2.06 bits per heavy atom. The third-order valence-corrected chi connectivity index (χ3v) is 9.70. The van der Waals surface area contributed by atoms with Gasteiger partial charge in [0, 0.05) is 11.8 Å². The molecule has 0 aliphatic heterocycles. The second-order valence-electron chi connectivity index (χ2n) is 11.6. The average molecular weight is 509 g/mol. The SMILES string of the molecule is C[C@]12CC[C@H](OCCOCCOCCOCCOCCO)CC1=CC[C@@H]1[C@@H]2CC[C@]2(C)C(=O)CC[C@@H]12. The van der Waals surface area contributed by atoms with Crippen LogP contribution in [-0.4, -0.2) is 83.1 Å². The summed E-state index contributed by atoms with van der Waals surface area (Å²) in [4.78, 5) is 12.6. The molecule has 1 N–H and O–H groups in total. The topological polar surface area (TPSA) is 83.5 Å². The Kier molecular flexibility index (Phi) is 10.4. The van der Waals surface area contributed by atoms with Crippen LogP contribution in [0, 0.1) is 28.6 Å². The van der Waals surface area contributed by atoms with E-state index in [2.05, 4.69) is 19.9 Å². The molecule has 0 aromatic carbocycles. The number of fused-ring (bicyclic) bond motifs is 5. The quantitative estimate of drug-likeness (QED) is 0.265. The molecule has 0 saturated heterocycles. The number of allylic oxidation sites excluding steroid dienone is 1. The summed E-state index contributed by atoms with van der Waals surface area (Å²) < 4.78 is 27.9. The molecule has 3 saturated carbocycles. The van der Waals surface area contributed by atoms with Crippen molar-refractivity contribution >= 4 is 5.78 Å². The summed E-state index contributed by atoms with van der Waals surface area (Å²) >= 11 is 0. The highest BCUT2D eigenvalue weighted by atomic mass is 16.6. The minimum absolute atomic E-state index is 0.0396. The van der Waals surface area contributed by atoms with Crippen LogP contribution in [0.1, 0.15) is 65.2 Å². The van der Waals surface area contributed by atoms with E-state index >= 15 is 0 Å². The van der Waals surface area contributed by atoms with Gasteiger partial charge in [-0.25, -0.2) is 0 Å². The maximum absolute atomic E-state index is 12.6. The predicted octanol–water partition coefficient (Wildman–Crippen LogP) is 3.96. The Labute approximate surface area is 217 Å². The first-order chi connectivity index (χ1) is 17.5. The van der Waals surface area contributed by atoms with Crippen LogP contribution in [0.15, 0.2) is 11.6 Å². The van der Waals surface area contributed by atoms with Crippen LogP contribution < -0.4 is 0 Å². The molecule has 6 atom stereocenters. The van der Waals surface area contributed by atoms with Gasteiger partial charge in [-0.1, -0.05) is 25.5 Å². The van der Waals surface area contributed by atoms with E-state index in [1.807, 2.05) is 0 Å². The number of hydrogen-bond donors (Lipinski definition) is 1. The van der Waals surface area contributed by atoms with Gasteiger partial charge in [0.1, 0.15) is 5.78 Å². The molecule has 0 bridgehead atoms. The molecule has 0 aromatic rings. The van der Waals surface area contributed by atoms with Crippen LogP contribution in [0.3, 0.4) is 0 Å². The number of aliphatic hydroxyl groups excluding tert-OH is 1. The van der Waals surface area contributed by atoms with Crippen molar-refractivity contribution in [2.24, 2.45) is 28.6 Å². The van der Waals surface area contributed by atoms with Gasteiger partial charge >= 0.3 is 0 Å². The Hall–Kier alpha value is -0.830. The normalized spacial score (nSPS) is 35.8. The van der Waals surface area contributed by atoms with E-state index in [4.69, 9.17) is 28.8 Å². The second kappa shape index (κ2) is 13.3. The van der Waals surface area contributed by atoms with Gasteiger partial charge < -0.3 is 28.8 Å². The molecule has 0 aromatic heterocycles. The zero-order valence-electron chi connectivity index (χ0n) is 22.5. The zero-order valence-corrected chi connectivity index (χ0v) is 22.5. The van der Waals surface area contributed by atoms with Crippen molar-refractivity contribution in [1.29, 1.82) is 0 Å². The Balaban J connectivity index is 1.08. The standard InChI is InChI=1S/C29H48O7/c1-28-9-7-23(36-20-19-35-18-17-34-16-15-33-14-13-32-12-11-30)21-22(28)3-4-24-25-5-6-27(31)29(25,2)10-8-26(24)28/h3,23-26,30H,4-21H2,1-2H3/t23-,24-,25-,26-,28-,29-/m0/s1. The average Bonchev–Trinajstić information content (AvgIpc) is 3.18. The largest absolute Gasteiger partial charge is 0.394 e. The molecule has 7 heteroatoms. The van der Waals surface area contributed by atoms with E-state index in [1.165, 1.54) is 12.8 Å². The number of carbonyl (C=O) groups excluding carboxylic acids is 1. The predicted molar refractivity (Wildman–Crippen MR) is 137 cm³/mol. The number of carbonyl (C=O) groups is 1. The highest BCUT2D eigenvalue weighted by Crippen LogP contribution is 2.64. The van der Waals surface area contributed by atoms with Crippen molar-refractivity contribution in [2.45, 2.75) is 71.3 Å². The van der Waals surface area contributed by atoms with E-state index < -0.39 is 0 Å². The Bertz CT molecular complexity index is 739. The minimum Gasteiger partial charge on any atom is -0.394 e. The van der Waals surface area contributed by atoms with E-state index in [9.17, 15) is 4.79 Å². The molecule has 7 nitrogen and oxygen atoms in total. The molecule has 4 rings (SSSR count). The first-order valence-corrected chi connectivity index (χ1v) is 14.3. The lowest BCUT2D eigenvalue weighted by Crippen LogP contribution is -2.50.